The van der Waals surface area contributed by atoms with Crippen molar-refractivity contribution in [3.63, 3.8) is 0 Å². The molecule has 0 aliphatic carbocycles. The number of ketones is 1. The Kier molecular flexibility index (Phi) is 7.64. The van der Waals surface area contributed by atoms with Crippen LogP contribution in [0.3, 0.4) is 0 Å². The minimum Gasteiger partial charge on any atom is -0.507 e. The van der Waals surface area contributed by atoms with Gasteiger partial charge < -0.3 is 15.2 Å². The van der Waals surface area contributed by atoms with E-state index in [1.54, 1.807) is 30.4 Å². The molecule has 0 aromatic heterocycles. The minimum absolute atomic E-state index is 0.103. The van der Waals surface area contributed by atoms with Crippen molar-refractivity contribution in [2.45, 2.75) is 19.8 Å². The maximum atomic E-state index is 12.6. The quantitative estimate of drug-likeness (QED) is 0.340. The number of phenols is 1. The molecule has 4 nitrogen and oxygen atoms in total. The predicted molar refractivity (Wildman–Crippen MR) is 116 cm³/mol. The first-order valence-corrected chi connectivity index (χ1v) is 9.28. The average Bonchev–Trinajstić information content (AvgIpc) is 2.71. The van der Waals surface area contributed by atoms with Gasteiger partial charge in [-0.1, -0.05) is 12.2 Å². The molecule has 0 saturated carbocycles. The van der Waals surface area contributed by atoms with Crippen LogP contribution in [-0.4, -0.2) is 24.5 Å². The lowest BCUT2D eigenvalue weighted by atomic mass is 9.97. The van der Waals surface area contributed by atoms with Gasteiger partial charge in [-0.15, -0.1) is 13.2 Å². The average molecular weight is 377 g/mol. The summed E-state index contributed by atoms with van der Waals surface area (Å²) in [6.45, 7) is 9.88. The summed E-state index contributed by atoms with van der Waals surface area (Å²) in [6.07, 6.45) is 7.71. The number of ether oxygens (including phenoxy) is 1. The monoisotopic (exact) mass is 377 g/mol. The highest BCUT2D eigenvalue weighted by Gasteiger charge is 2.16. The molecule has 0 unspecified atom stereocenters. The van der Waals surface area contributed by atoms with E-state index in [-0.39, 0.29) is 11.5 Å². The number of carbonyl (C=O) groups excluding carboxylic acids is 1. The minimum atomic E-state index is -0.149. The summed E-state index contributed by atoms with van der Waals surface area (Å²) in [5.41, 5.74) is 3.65. The predicted octanol–water partition coefficient (Wildman–Crippen LogP) is 5.19. The lowest BCUT2D eigenvalue weighted by molar-refractivity contribution is 0.104. The SMILES string of the molecule is C=CCc1cc(CC=C)c(OCC)c(/C=C/C(=O)c2ccc(NC)cc2)c1O. The van der Waals surface area contributed by atoms with Crippen molar-refractivity contribution in [1.82, 2.24) is 0 Å². The molecule has 0 spiro atoms. The molecule has 2 aromatic carbocycles. The Labute approximate surface area is 166 Å². The molecule has 0 amide bonds. The van der Waals surface area contributed by atoms with Gasteiger partial charge in [0.15, 0.2) is 5.78 Å². The van der Waals surface area contributed by atoms with Gasteiger partial charge in [0.1, 0.15) is 11.5 Å². The van der Waals surface area contributed by atoms with E-state index in [0.29, 0.717) is 36.3 Å². The van der Waals surface area contributed by atoms with Gasteiger partial charge in [-0.25, -0.2) is 0 Å². The summed E-state index contributed by atoms with van der Waals surface area (Å²) in [7, 11) is 1.83. The van der Waals surface area contributed by atoms with Crippen molar-refractivity contribution in [2.75, 3.05) is 19.0 Å². The van der Waals surface area contributed by atoms with Crippen molar-refractivity contribution < 1.29 is 14.6 Å². The van der Waals surface area contributed by atoms with Gasteiger partial charge in [0.2, 0.25) is 0 Å². The molecule has 2 rings (SSSR count). The van der Waals surface area contributed by atoms with Crippen LogP contribution in [0.25, 0.3) is 6.08 Å². The zero-order valence-electron chi connectivity index (χ0n) is 16.5. The molecule has 0 fully saturated rings. The van der Waals surface area contributed by atoms with E-state index in [4.69, 9.17) is 4.74 Å². The summed E-state index contributed by atoms with van der Waals surface area (Å²) >= 11 is 0. The molecule has 0 bridgehead atoms. The molecule has 2 N–H and O–H groups in total. The first-order valence-electron chi connectivity index (χ1n) is 9.28. The number of carbonyl (C=O) groups is 1. The van der Waals surface area contributed by atoms with Crippen molar-refractivity contribution in [3.05, 3.63) is 84.0 Å². The molecule has 146 valence electrons. The first-order chi connectivity index (χ1) is 13.5. The number of nitrogens with one attached hydrogen (secondary N) is 1. The van der Waals surface area contributed by atoms with E-state index >= 15 is 0 Å². The zero-order chi connectivity index (χ0) is 20.5. The fraction of sp³-hybridized carbons (Fsp3) is 0.208. The van der Waals surface area contributed by atoms with Gasteiger partial charge in [-0.05, 0) is 73.4 Å². The molecule has 0 aliphatic rings. The van der Waals surface area contributed by atoms with E-state index in [9.17, 15) is 9.90 Å². The molecule has 0 heterocycles. The molecule has 0 atom stereocenters. The Morgan fingerprint density at radius 2 is 1.79 bits per heavy atom. The van der Waals surface area contributed by atoms with Crippen LogP contribution in [0.15, 0.2) is 61.7 Å². The number of benzene rings is 2. The zero-order valence-corrected chi connectivity index (χ0v) is 16.5. The Hall–Kier alpha value is -3.27. The van der Waals surface area contributed by atoms with E-state index in [1.807, 2.05) is 32.2 Å². The Balaban J connectivity index is 2.47. The number of allylic oxidation sites excluding steroid dienone is 3. The Morgan fingerprint density at radius 1 is 1.14 bits per heavy atom. The summed E-state index contributed by atoms with van der Waals surface area (Å²) in [4.78, 5) is 12.6. The smallest absolute Gasteiger partial charge is 0.185 e. The summed E-state index contributed by atoms with van der Waals surface area (Å²) in [5, 5.41) is 13.8. The highest BCUT2D eigenvalue weighted by molar-refractivity contribution is 6.07. The molecule has 0 radical (unpaired) electrons. The van der Waals surface area contributed by atoms with E-state index in [2.05, 4.69) is 18.5 Å². The van der Waals surface area contributed by atoms with Crippen LogP contribution in [0.4, 0.5) is 5.69 Å². The van der Waals surface area contributed by atoms with Crippen molar-refractivity contribution in [1.29, 1.82) is 0 Å². The van der Waals surface area contributed by atoms with Crippen molar-refractivity contribution >= 4 is 17.5 Å². The molecule has 4 heteroatoms. The number of hydrogen-bond acceptors (Lipinski definition) is 4. The van der Waals surface area contributed by atoms with E-state index < -0.39 is 0 Å². The summed E-state index contributed by atoms with van der Waals surface area (Å²) in [5.74, 6) is 0.525. The second kappa shape index (κ2) is 10.2. The van der Waals surface area contributed by atoms with Crippen LogP contribution >= 0.6 is 0 Å². The van der Waals surface area contributed by atoms with Gasteiger partial charge in [0.05, 0.1) is 12.2 Å². The topological polar surface area (TPSA) is 58.6 Å². The number of rotatable bonds is 10. The van der Waals surface area contributed by atoms with E-state index in [0.717, 1.165) is 16.8 Å². The number of phenolic OH excluding ortho intramolecular Hbond substituents is 1. The van der Waals surface area contributed by atoms with Gasteiger partial charge in [0, 0.05) is 18.3 Å². The molecule has 0 saturated heterocycles. The van der Waals surface area contributed by atoms with Crippen LogP contribution in [-0.2, 0) is 12.8 Å². The van der Waals surface area contributed by atoms with Crippen LogP contribution in [0.5, 0.6) is 11.5 Å². The molecular weight excluding hydrogens is 350 g/mol. The maximum Gasteiger partial charge on any atom is 0.185 e. The maximum absolute atomic E-state index is 12.6. The molecular formula is C24H27NO3. The number of aromatic hydroxyl groups is 1. The number of anilines is 1. The van der Waals surface area contributed by atoms with Gasteiger partial charge in [-0.3, -0.25) is 4.79 Å². The Morgan fingerprint density at radius 3 is 2.36 bits per heavy atom. The van der Waals surface area contributed by atoms with Crippen molar-refractivity contribution in [3.8, 4) is 11.5 Å². The van der Waals surface area contributed by atoms with Crippen LogP contribution < -0.4 is 10.1 Å². The van der Waals surface area contributed by atoms with Gasteiger partial charge >= 0.3 is 0 Å². The third-order valence-electron chi connectivity index (χ3n) is 4.32. The second-order valence-electron chi connectivity index (χ2n) is 6.23. The molecule has 28 heavy (non-hydrogen) atoms. The third kappa shape index (κ3) is 4.92. The van der Waals surface area contributed by atoms with Crippen molar-refractivity contribution in [2.24, 2.45) is 0 Å². The number of hydrogen-bond donors (Lipinski definition) is 2. The van der Waals surface area contributed by atoms with Gasteiger partial charge in [-0.2, -0.15) is 0 Å². The lowest BCUT2D eigenvalue weighted by Gasteiger charge is -2.17. The van der Waals surface area contributed by atoms with Crippen LogP contribution in [0.2, 0.25) is 0 Å². The molecule has 2 aromatic rings. The highest BCUT2D eigenvalue weighted by atomic mass is 16.5. The highest BCUT2D eigenvalue weighted by Crippen LogP contribution is 2.37. The van der Waals surface area contributed by atoms with Gasteiger partial charge in [0.25, 0.3) is 0 Å². The van der Waals surface area contributed by atoms with Crippen LogP contribution in [0.1, 0.15) is 34.0 Å². The summed E-state index contributed by atoms with van der Waals surface area (Å²) in [6, 6.07) is 9.12. The standard InChI is InChI=1S/C24H27NO3/c1-5-8-18-16-19(9-6-2)24(28-7-3)21(23(18)27)14-15-22(26)17-10-12-20(25-4)13-11-17/h5-6,10-16,25,27H,1-2,7-9H2,3-4H3/b15-14+. The van der Waals surface area contributed by atoms with E-state index in [1.165, 1.54) is 6.08 Å². The lowest BCUT2D eigenvalue weighted by Crippen LogP contribution is -2.02. The fourth-order valence-electron chi connectivity index (χ4n) is 2.94. The normalized spacial score (nSPS) is 10.6. The van der Waals surface area contributed by atoms with Crippen LogP contribution in [0, 0.1) is 0 Å². The first kappa shape index (κ1) is 21.0. The summed E-state index contributed by atoms with van der Waals surface area (Å²) < 4.78 is 5.80. The molecule has 0 aliphatic heterocycles. The fourth-order valence-corrected chi connectivity index (χ4v) is 2.94. The third-order valence-corrected chi connectivity index (χ3v) is 4.32. The Bertz CT molecular complexity index is 880. The second-order valence-corrected chi connectivity index (χ2v) is 6.23. The largest absolute Gasteiger partial charge is 0.507 e.